The number of anilines is 1. The zero-order valence-electron chi connectivity index (χ0n) is 10.8. The van der Waals surface area contributed by atoms with Crippen molar-refractivity contribution in [2.45, 2.75) is 32.7 Å². The average molecular weight is 252 g/mol. The zero-order chi connectivity index (χ0) is 13.2. The van der Waals surface area contributed by atoms with Crippen LogP contribution in [-0.4, -0.2) is 35.4 Å². The molecule has 2 unspecified atom stereocenters. The number of hydrogen-bond acceptors (Lipinski definition) is 4. The van der Waals surface area contributed by atoms with E-state index in [1.54, 1.807) is 0 Å². The van der Waals surface area contributed by atoms with E-state index in [0.717, 1.165) is 18.5 Å². The molecule has 1 aromatic rings. The van der Waals surface area contributed by atoms with Crippen LogP contribution in [0.15, 0.2) is 6.07 Å². The van der Waals surface area contributed by atoms with Crippen LogP contribution >= 0.6 is 0 Å². The summed E-state index contributed by atoms with van der Waals surface area (Å²) in [6, 6.07) is 1.58. The van der Waals surface area contributed by atoms with Gasteiger partial charge >= 0.3 is 0 Å². The second-order valence-electron chi connectivity index (χ2n) is 5.02. The van der Waals surface area contributed by atoms with Gasteiger partial charge in [0.15, 0.2) is 5.82 Å². The molecule has 1 aliphatic heterocycles. The number of carbonyl (C=O) groups excluding carboxylic acids is 1. The third-order valence-corrected chi connectivity index (χ3v) is 3.43. The second kappa shape index (κ2) is 5.07. The standard InChI is InChI=1S/C12H20N4O2/c1-3-4-8-5-10(16-15-8)14-11(17)12(2)7-18-6-9(12)13/h5,9H,3-4,6-7,13H2,1-2H3,(H2,14,15,16,17). The maximum Gasteiger partial charge on any atom is 0.235 e. The molecule has 0 spiro atoms. The average Bonchev–Trinajstić information content (AvgIpc) is 2.89. The highest BCUT2D eigenvalue weighted by Crippen LogP contribution is 2.28. The molecule has 0 aromatic carbocycles. The lowest BCUT2D eigenvalue weighted by Gasteiger charge is -2.24. The minimum atomic E-state index is -0.677. The fourth-order valence-electron chi connectivity index (χ4n) is 2.00. The number of hydrogen-bond donors (Lipinski definition) is 3. The van der Waals surface area contributed by atoms with Crippen LogP contribution in [0.25, 0.3) is 0 Å². The molecule has 1 amide bonds. The quantitative estimate of drug-likeness (QED) is 0.734. The van der Waals surface area contributed by atoms with Gasteiger partial charge in [-0.05, 0) is 13.3 Å². The Morgan fingerprint density at radius 1 is 1.78 bits per heavy atom. The van der Waals surface area contributed by atoms with Gasteiger partial charge in [0.25, 0.3) is 0 Å². The third-order valence-electron chi connectivity index (χ3n) is 3.43. The van der Waals surface area contributed by atoms with Crippen molar-refractivity contribution in [3.05, 3.63) is 11.8 Å². The zero-order valence-corrected chi connectivity index (χ0v) is 10.8. The van der Waals surface area contributed by atoms with Crippen LogP contribution in [0.2, 0.25) is 0 Å². The van der Waals surface area contributed by atoms with Crippen molar-refractivity contribution in [2.24, 2.45) is 11.1 Å². The first-order valence-electron chi connectivity index (χ1n) is 6.25. The first-order chi connectivity index (χ1) is 8.56. The fraction of sp³-hybridized carbons (Fsp3) is 0.667. The Hall–Kier alpha value is -1.40. The molecule has 100 valence electrons. The minimum absolute atomic E-state index is 0.137. The van der Waals surface area contributed by atoms with Crippen molar-refractivity contribution in [3.8, 4) is 0 Å². The van der Waals surface area contributed by atoms with Gasteiger partial charge < -0.3 is 15.8 Å². The lowest BCUT2D eigenvalue weighted by molar-refractivity contribution is -0.125. The maximum atomic E-state index is 12.2. The van der Waals surface area contributed by atoms with Crippen LogP contribution in [0.1, 0.15) is 26.0 Å². The van der Waals surface area contributed by atoms with Gasteiger partial charge in [-0.15, -0.1) is 0 Å². The molecule has 2 rings (SSSR count). The molecule has 1 fully saturated rings. The number of H-pyrrole nitrogens is 1. The number of nitrogens with zero attached hydrogens (tertiary/aromatic N) is 1. The van der Waals surface area contributed by atoms with Crippen molar-refractivity contribution in [1.82, 2.24) is 10.2 Å². The van der Waals surface area contributed by atoms with Crippen LogP contribution < -0.4 is 11.1 Å². The number of aromatic nitrogens is 2. The summed E-state index contributed by atoms with van der Waals surface area (Å²) >= 11 is 0. The minimum Gasteiger partial charge on any atom is -0.379 e. The van der Waals surface area contributed by atoms with E-state index in [9.17, 15) is 4.79 Å². The molecule has 18 heavy (non-hydrogen) atoms. The number of nitrogens with two attached hydrogens (primary N) is 1. The number of carbonyl (C=O) groups is 1. The van der Waals surface area contributed by atoms with Gasteiger partial charge in [0.05, 0.1) is 18.6 Å². The lowest BCUT2D eigenvalue weighted by atomic mass is 9.85. The normalized spacial score (nSPS) is 27.4. The molecule has 1 saturated heterocycles. The highest BCUT2D eigenvalue weighted by atomic mass is 16.5. The molecule has 1 aliphatic rings. The molecule has 6 heteroatoms. The van der Waals surface area contributed by atoms with E-state index >= 15 is 0 Å². The Kier molecular flexibility index (Phi) is 3.68. The molecule has 0 aliphatic carbocycles. The smallest absolute Gasteiger partial charge is 0.235 e. The Bertz CT molecular complexity index is 431. The predicted molar refractivity (Wildman–Crippen MR) is 68.1 cm³/mol. The SMILES string of the molecule is CCCc1cc(NC(=O)C2(C)COCC2N)n[nH]1. The Labute approximate surface area is 106 Å². The molecule has 4 N–H and O–H groups in total. The van der Waals surface area contributed by atoms with Crippen LogP contribution in [0, 0.1) is 5.41 Å². The van der Waals surface area contributed by atoms with E-state index in [1.165, 1.54) is 0 Å². The molecular weight excluding hydrogens is 232 g/mol. The van der Waals surface area contributed by atoms with Crippen molar-refractivity contribution in [1.29, 1.82) is 0 Å². The van der Waals surface area contributed by atoms with E-state index in [0.29, 0.717) is 19.0 Å². The Morgan fingerprint density at radius 3 is 3.17 bits per heavy atom. The van der Waals surface area contributed by atoms with E-state index < -0.39 is 5.41 Å². The highest BCUT2D eigenvalue weighted by molar-refractivity contribution is 5.95. The molecular formula is C12H20N4O2. The van der Waals surface area contributed by atoms with Crippen molar-refractivity contribution >= 4 is 11.7 Å². The number of amides is 1. The number of ether oxygens (including phenoxy) is 1. The van der Waals surface area contributed by atoms with Gasteiger partial charge in [0.1, 0.15) is 0 Å². The number of rotatable bonds is 4. The molecule has 2 atom stereocenters. The number of nitrogens with one attached hydrogen (secondary N) is 2. The summed E-state index contributed by atoms with van der Waals surface area (Å²) in [5.74, 6) is 0.408. The summed E-state index contributed by atoms with van der Waals surface area (Å²) in [6.07, 6.45) is 1.95. The summed E-state index contributed by atoms with van der Waals surface area (Å²) in [5.41, 5.74) is 6.25. The molecule has 0 radical (unpaired) electrons. The van der Waals surface area contributed by atoms with Crippen molar-refractivity contribution in [3.63, 3.8) is 0 Å². The molecule has 0 saturated carbocycles. The van der Waals surface area contributed by atoms with Gasteiger partial charge in [-0.1, -0.05) is 13.3 Å². The summed E-state index contributed by atoms with van der Waals surface area (Å²) in [7, 11) is 0. The van der Waals surface area contributed by atoms with Crippen LogP contribution in [0.5, 0.6) is 0 Å². The Morgan fingerprint density at radius 2 is 2.56 bits per heavy atom. The maximum absolute atomic E-state index is 12.2. The summed E-state index contributed by atoms with van der Waals surface area (Å²) < 4.78 is 5.26. The summed E-state index contributed by atoms with van der Waals surface area (Å²) in [5, 5.41) is 9.76. The van der Waals surface area contributed by atoms with Gasteiger partial charge in [-0.2, -0.15) is 5.10 Å². The number of aryl methyl sites for hydroxylation is 1. The number of aromatic amines is 1. The molecule has 0 bridgehead atoms. The third kappa shape index (κ3) is 2.39. The van der Waals surface area contributed by atoms with E-state index in [1.807, 2.05) is 13.0 Å². The van der Waals surface area contributed by atoms with Gasteiger partial charge in [0, 0.05) is 17.8 Å². The molecule has 2 heterocycles. The van der Waals surface area contributed by atoms with Crippen molar-refractivity contribution < 1.29 is 9.53 Å². The first kappa shape index (κ1) is 13.0. The van der Waals surface area contributed by atoms with Crippen LogP contribution in [0.3, 0.4) is 0 Å². The first-order valence-corrected chi connectivity index (χ1v) is 6.25. The van der Waals surface area contributed by atoms with Crippen LogP contribution in [-0.2, 0) is 16.0 Å². The van der Waals surface area contributed by atoms with E-state index in [2.05, 4.69) is 22.4 Å². The van der Waals surface area contributed by atoms with Gasteiger partial charge in [-0.3, -0.25) is 9.89 Å². The largest absolute Gasteiger partial charge is 0.379 e. The van der Waals surface area contributed by atoms with E-state index in [4.69, 9.17) is 10.5 Å². The topological polar surface area (TPSA) is 93.0 Å². The molecule has 1 aromatic heterocycles. The van der Waals surface area contributed by atoms with Crippen molar-refractivity contribution in [2.75, 3.05) is 18.5 Å². The van der Waals surface area contributed by atoms with Crippen LogP contribution in [0.4, 0.5) is 5.82 Å². The predicted octanol–water partition coefficient (Wildman–Crippen LogP) is 0.664. The lowest BCUT2D eigenvalue weighted by Crippen LogP contribution is -2.47. The van der Waals surface area contributed by atoms with E-state index in [-0.39, 0.29) is 11.9 Å². The second-order valence-corrected chi connectivity index (χ2v) is 5.02. The fourth-order valence-corrected chi connectivity index (χ4v) is 2.00. The van der Waals surface area contributed by atoms with Gasteiger partial charge in [0.2, 0.25) is 5.91 Å². The summed E-state index contributed by atoms with van der Waals surface area (Å²) in [6.45, 7) is 4.69. The Balaban J connectivity index is 2.02. The monoisotopic (exact) mass is 252 g/mol. The van der Waals surface area contributed by atoms with Gasteiger partial charge in [-0.25, -0.2) is 0 Å². The highest BCUT2D eigenvalue weighted by Gasteiger charge is 2.44. The summed E-state index contributed by atoms with van der Waals surface area (Å²) in [4.78, 5) is 12.2. The molecule has 6 nitrogen and oxygen atoms in total.